The Morgan fingerprint density at radius 1 is 1.53 bits per heavy atom. The molecule has 1 rings (SSSR count). The molecule has 0 saturated carbocycles. The lowest BCUT2D eigenvalue weighted by atomic mass is 9.95. The molecule has 1 N–H and O–H groups in total. The van der Waals surface area contributed by atoms with Crippen LogP contribution in [0.2, 0.25) is 0 Å². The summed E-state index contributed by atoms with van der Waals surface area (Å²) < 4.78 is 14.4. The molecular formula is C13H16BrFN2. The maximum Gasteiger partial charge on any atom is 0.129 e. The minimum Gasteiger partial charge on any atom is -0.309 e. The number of nitrogens with zero attached hydrogens (tertiary/aromatic N) is 1. The minimum absolute atomic E-state index is 0.115. The number of nitrogens with one attached hydrogen (secondary N) is 1. The Hall–Kier alpha value is -0.920. The highest BCUT2D eigenvalue weighted by Crippen LogP contribution is 2.22. The van der Waals surface area contributed by atoms with Crippen molar-refractivity contribution in [3.05, 3.63) is 34.1 Å². The van der Waals surface area contributed by atoms with E-state index in [-0.39, 0.29) is 11.9 Å². The van der Waals surface area contributed by atoms with Gasteiger partial charge in [-0.05, 0) is 32.9 Å². The van der Waals surface area contributed by atoms with Gasteiger partial charge in [0, 0.05) is 22.6 Å². The van der Waals surface area contributed by atoms with Crippen molar-refractivity contribution in [2.45, 2.75) is 26.8 Å². The van der Waals surface area contributed by atoms with Gasteiger partial charge in [0.15, 0.2) is 0 Å². The third-order valence-electron chi connectivity index (χ3n) is 2.58. The average molecular weight is 299 g/mol. The van der Waals surface area contributed by atoms with E-state index in [1.807, 2.05) is 26.8 Å². The SMILES string of the molecule is CC(NCC(C)(C)C#N)c1ccc(Br)cc1F. The van der Waals surface area contributed by atoms with E-state index in [0.29, 0.717) is 12.1 Å². The van der Waals surface area contributed by atoms with Crippen molar-refractivity contribution in [2.24, 2.45) is 5.41 Å². The van der Waals surface area contributed by atoms with Gasteiger partial charge in [0.1, 0.15) is 5.82 Å². The lowest BCUT2D eigenvalue weighted by molar-refractivity contribution is 0.409. The molecule has 1 aromatic carbocycles. The fraction of sp³-hybridized carbons (Fsp3) is 0.462. The second kappa shape index (κ2) is 5.61. The van der Waals surface area contributed by atoms with E-state index < -0.39 is 5.41 Å². The van der Waals surface area contributed by atoms with Crippen LogP contribution in [0.4, 0.5) is 4.39 Å². The molecule has 0 fully saturated rings. The molecule has 1 aromatic rings. The molecule has 17 heavy (non-hydrogen) atoms. The van der Waals surface area contributed by atoms with Crippen molar-refractivity contribution < 1.29 is 4.39 Å². The summed E-state index contributed by atoms with van der Waals surface area (Å²) in [5.41, 5.74) is 0.169. The van der Waals surface area contributed by atoms with Gasteiger partial charge in [-0.15, -0.1) is 0 Å². The maximum atomic E-state index is 13.7. The number of halogens is 2. The van der Waals surface area contributed by atoms with Gasteiger partial charge in [0.25, 0.3) is 0 Å². The largest absolute Gasteiger partial charge is 0.309 e. The third kappa shape index (κ3) is 4.10. The van der Waals surface area contributed by atoms with E-state index in [2.05, 4.69) is 27.3 Å². The molecule has 4 heteroatoms. The van der Waals surface area contributed by atoms with Crippen molar-refractivity contribution in [1.82, 2.24) is 5.32 Å². The van der Waals surface area contributed by atoms with Gasteiger partial charge in [0.05, 0.1) is 11.5 Å². The minimum atomic E-state index is -0.444. The molecule has 0 aromatic heterocycles. The van der Waals surface area contributed by atoms with Gasteiger partial charge in [0.2, 0.25) is 0 Å². The lowest BCUT2D eigenvalue weighted by Gasteiger charge is -2.21. The van der Waals surface area contributed by atoms with Crippen LogP contribution in [0.1, 0.15) is 32.4 Å². The Balaban J connectivity index is 2.71. The summed E-state index contributed by atoms with van der Waals surface area (Å²) >= 11 is 3.22. The Morgan fingerprint density at radius 2 is 2.18 bits per heavy atom. The first-order valence-electron chi connectivity index (χ1n) is 5.45. The molecule has 0 heterocycles. The van der Waals surface area contributed by atoms with Crippen LogP contribution < -0.4 is 5.32 Å². The number of benzene rings is 1. The first-order valence-corrected chi connectivity index (χ1v) is 6.24. The monoisotopic (exact) mass is 298 g/mol. The molecule has 1 atom stereocenters. The maximum absolute atomic E-state index is 13.7. The van der Waals surface area contributed by atoms with Crippen molar-refractivity contribution in [3.63, 3.8) is 0 Å². The van der Waals surface area contributed by atoms with E-state index in [9.17, 15) is 4.39 Å². The van der Waals surface area contributed by atoms with Crippen LogP contribution in [0, 0.1) is 22.6 Å². The zero-order valence-electron chi connectivity index (χ0n) is 10.2. The summed E-state index contributed by atoms with van der Waals surface area (Å²) in [4.78, 5) is 0. The standard InChI is InChI=1S/C13H16BrFN2/c1-9(17-8-13(2,3)7-16)11-5-4-10(14)6-12(11)15/h4-6,9,17H,8H2,1-3H3. The van der Waals surface area contributed by atoms with Crippen LogP contribution in [-0.2, 0) is 0 Å². The van der Waals surface area contributed by atoms with Gasteiger partial charge in [-0.3, -0.25) is 0 Å². The summed E-state index contributed by atoms with van der Waals surface area (Å²) in [5.74, 6) is -0.242. The van der Waals surface area contributed by atoms with E-state index >= 15 is 0 Å². The molecule has 0 aliphatic heterocycles. The number of rotatable bonds is 4. The molecule has 0 saturated heterocycles. The van der Waals surface area contributed by atoms with Gasteiger partial charge in [-0.25, -0.2) is 4.39 Å². The summed E-state index contributed by atoms with van der Waals surface area (Å²) in [6, 6.07) is 7.10. The first-order chi connectivity index (χ1) is 7.85. The molecule has 2 nitrogen and oxygen atoms in total. The smallest absolute Gasteiger partial charge is 0.129 e. The van der Waals surface area contributed by atoms with E-state index in [1.165, 1.54) is 6.07 Å². The van der Waals surface area contributed by atoms with Gasteiger partial charge in [-0.1, -0.05) is 22.0 Å². The number of nitriles is 1. The second-order valence-corrected chi connectivity index (χ2v) is 5.68. The summed E-state index contributed by atoms with van der Waals surface area (Å²) in [6.07, 6.45) is 0. The van der Waals surface area contributed by atoms with Crippen LogP contribution in [0.5, 0.6) is 0 Å². The third-order valence-corrected chi connectivity index (χ3v) is 3.08. The van der Waals surface area contributed by atoms with Crippen LogP contribution in [-0.4, -0.2) is 6.54 Å². The van der Waals surface area contributed by atoms with Gasteiger partial charge in [-0.2, -0.15) is 5.26 Å². The molecular weight excluding hydrogens is 283 g/mol. The summed E-state index contributed by atoms with van der Waals surface area (Å²) in [5, 5.41) is 12.1. The van der Waals surface area contributed by atoms with E-state index in [1.54, 1.807) is 6.07 Å². The van der Waals surface area contributed by atoms with Crippen LogP contribution in [0.3, 0.4) is 0 Å². The average Bonchev–Trinajstić information content (AvgIpc) is 2.26. The highest BCUT2D eigenvalue weighted by molar-refractivity contribution is 9.10. The molecule has 0 bridgehead atoms. The predicted molar refractivity (Wildman–Crippen MR) is 69.9 cm³/mol. The van der Waals surface area contributed by atoms with E-state index in [4.69, 9.17) is 5.26 Å². The molecule has 0 amide bonds. The quantitative estimate of drug-likeness (QED) is 0.918. The predicted octanol–water partition coefficient (Wildman–Crippen LogP) is 3.79. The van der Waals surface area contributed by atoms with Crippen LogP contribution in [0.25, 0.3) is 0 Å². The fourth-order valence-corrected chi connectivity index (χ4v) is 1.74. The van der Waals surface area contributed by atoms with Crippen molar-refractivity contribution in [1.29, 1.82) is 5.26 Å². The lowest BCUT2D eigenvalue weighted by Crippen LogP contribution is -2.30. The van der Waals surface area contributed by atoms with Crippen LogP contribution >= 0.6 is 15.9 Å². The second-order valence-electron chi connectivity index (χ2n) is 4.76. The Morgan fingerprint density at radius 3 is 2.71 bits per heavy atom. The number of hydrogen-bond donors (Lipinski definition) is 1. The Bertz CT molecular complexity index is 438. The topological polar surface area (TPSA) is 35.8 Å². The molecule has 0 radical (unpaired) electrons. The van der Waals surface area contributed by atoms with Crippen molar-refractivity contribution >= 4 is 15.9 Å². The highest BCUT2D eigenvalue weighted by atomic mass is 79.9. The Kier molecular flexibility index (Phi) is 4.67. The fourth-order valence-electron chi connectivity index (χ4n) is 1.41. The molecule has 0 spiro atoms. The van der Waals surface area contributed by atoms with Crippen LogP contribution in [0.15, 0.2) is 22.7 Å². The zero-order valence-corrected chi connectivity index (χ0v) is 11.8. The van der Waals surface area contributed by atoms with E-state index in [0.717, 1.165) is 4.47 Å². The normalized spacial score (nSPS) is 13.2. The van der Waals surface area contributed by atoms with Gasteiger partial charge < -0.3 is 5.32 Å². The van der Waals surface area contributed by atoms with Crippen molar-refractivity contribution in [2.75, 3.05) is 6.54 Å². The Labute approximate surface area is 110 Å². The molecule has 0 aliphatic rings. The highest BCUT2D eigenvalue weighted by Gasteiger charge is 2.19. The molecule has 92 valence electrons. The van der Waals surface area contributed by atoms with Crippen molar-refractivity contribution in [3.8, 4) is 6.07 Å². The first kappa shape index (κ1) is 14.1. The molecule has 1 unspecified atom stereocenters. The number of hydrogen-bond acceptors (Lipinski definition) is 2. The molecule has 0 aliphatic carbocycles. The zero-order chi connectivity index (χ0) is 13.1. The van der Waals surface area contributed by atoms with Gasteiger partial charge >= 0.3 is 0 Å². The summed E-state index contributed by atoms with van der Waals surface area (Å²) in [6.45, 7) is 6.12. The summed E-state index contributed by atoms with van der Waals surface area (Å²) in [7, 11) is 0.